The average Bonchev–Trinajstić information content (AvgIpc) is 2.99. The minimum absolute atomic E-state index is 0.0932. The number of nitrogens with zero attached hydrogens (tertiary/aromatic N) is 1. The Morgan fingerprint density at radius 3 is 2.35 bits per heavy atom. The zero-order valence-electron chi connectivity index (χ0n) is 11.0. The van der Waals surface area contributed by atoms with Gasteiger partial charge in [-0.25, -0.2) is 8.42 Å². The molecule has 2 aliphatic rings. The molecule has 1 saturated heterocycles. The molecule has 1 atom stereocenters. The molecule has 0 N–H and O–H groups in total. The van der Waals surface area contributed by atoms with E-state index in [-0.39, 0.29) is 10.7 Å². The fraction of sp³-hybridized carbons (Fsp3) is 0.500. The highest BCUT2D eigenvalue weighted by molar-refractivity contribution is 9.10. The molecule has 0 aromatic heterocycles. The molecule has 0 radical (unpaired) electrons. The maximum Gasteiger partial charge on any atom is 0.243 e. The van der Waals surface area contributed by atoms with Crippen molar-refractivity contribution >= 4 is 31.7 Å². The van der Waals surface area contributed by atoms with Crippen molar-refractivity contribution in [1.82, 2.24) is 4.31 Å². The topological polar surface area (TPSA) is 54.5 Å². The minimum atomic E-state index is -3.59. The Balaban J connectivity index is 2.03. The maximum absolute atomic E-state index is 12.8. The SMILES string of the molecule is O=C1CCCC12CCCN2S(=O)(=O)c1ccc(Br)cc1. The fourth-order valence-corrected chi connectivity index (χ4v) is 5.49. The molecule has 1 aliphatic heterocycles. The lowest BCUT2D eigenvalue weighted by atomic mass is 9.95. The van der Waals surface area contributed by atoms with E-state index in [1.54, 1.807) is 24.3 Å². The van der Waals surface area contributed by atoms with Crippen LogP contribution in [-0.2, 0) is 14.8 Å². The molecule has 20 heavy (non-hydrogen) atoms. The zero-order valence-corrected chi connectivity index (χ0v) is 13.4. The third-order valence-corrected chi connectivity index (χ3v) is 6.85. The van der Waals surface area contributed by atoms with Crippen LogP contribution in [0.4, 0.5) is 0 Å². The lowest BCUT2D eigenvalue weighted by molar-refractivity contribution is -0.124. The molecule has 0 bridgehead atoms. The quantitative estimate of drug-likeness (QED) is 0.817. The highest BCUT2D eigenvalue weighted by Gasteiger charge is 2.54. The number of ketones is 1. The maximum atomic E-state index is 12.8. The van der Waals surface area contributed by atoms with Crippen molar-refractivity contribution in [1.29, 1.82) is 0 Å². The number of sulfonamides is 1. The molecular formula is C14H16BrNO3S. The molecule has 1 aliphatic carbocycles. The molecule has 1 heterocycles. The Labute approximate surface area is 127 Å². The van der Waals surface area contributed by atoms with Crippen LogP contribution in [0, 0.1) is 0 Å². The van der Waals surface area contributed by atoms with Crippen LogP contribution in [0.3, 0.4) is 0 Å². The van der Waals surface area contributed by atoms with Crippen molar-refractivity contribution < 1.29 is 13.2 Å². The second-order valence-corrected chi connectivity index (χ2v) is 8.22. The van der Waals surface area contributed by atoms with Crippen LogP contribution in [0.5, 0.6) is 0 Å². The van der Waals surface area contributed by atoms with Gasteiger partial charge in [0.2, 0.25) is 10.0 Å². The van der Waals surface area contributed by atoms with Crippen LogP contribution < -0.4 is 0 Å². The Morgan fingerprint density at radius 2 is 1.75 bits per heavy atom. The fourth-order valence-electron chi connectivity index (χ4n) is 3.38. The summed E-state index contributed by atoms with van der Waals surface area (Å²) in [6.45, 7) is 0.449. The smallest absolute Gasteiger partial charge is 0.243 e. The molecular weight excluding hydrogens is 342 g/mol. The largest absolute Gasteiger partial charge is 0.298 e. The highest BCUT2D eigenvalue weighted by Crippen LogP contribution is 2.43. The van der Waals surface area contributed by atoms with Crippen molar-refractivity contribution in [2.24, 2.45) is 0 Å². The van der Waals surface area contributed by atoms with Crippen LogP contribution in [0.1, 0.15) is 32.1 Å². The third kappa shape index (κ3) is 2.05. The monoisotopic (exact) mass is 357 g/mol. The summed E-state index contributed by atoms with van der Waals surface area (Å²) in [6.07, 6.45) is 3.40. The predicted octanol–water partition coefficient (Wildman–Crippen LogP) is 2.73. The minimum Gasteiger partial charge on any atom is -0.298 e. The Hall–Kier alpha value is -0.720. The summed E-state index contributed by atoms with van der Waals surface area (Å²) in [6, 6.07) is 6.61. The van der Waals surface area contributed by atoms with Crippen molar-refractivity contribution in [2.45, 2.75) is 42.5 Å². The highest BCUT2D eigenvalue weighted by atomic mass is 79.9. The summed E-state index contributed by atoms with van der Waals surface area (Å²) in [5.41, 5.74) is -0.758. The second-order valence-electron chi connectivity index (χ2n) is 5.44. The number of hydrogen-bond acceptors (Lipinski definition) is 3. The molecule has 1 spiro atoms. The first-order valence-electron chi connectivity index (χ1n) is 6.78. The summed E-state index contributed by atoms with van der Waals surface area (Å²) >= 11 is 3.30. The summed E-state index contributed by atoms with van der Waals surface area (Å²) in [5.74, 6) is 0.0932. The summed E-state index contributed by atoms with van der Waals surface area (Å²) in [5, 5.41) is 0. The standard InChI is InChI=1S/C14H16BrNO3S/c15-11-4-6-12(7-5-11)20(18,19)16-10-2-9-14(16)8-1-3-13(14)17/h4-7H,1-3,8-10H2. The van der Waals surface area contributed by atoms with Gasteiger partial charge < -0.3 is 0 Å². The van der Waals surface area contributed by atoms with Gasteiger partial charge in [-0.05, 0) is 49.9 Å². The molecule has 6 heteroatoms. The van der Waals surface area contributed by atoms with E-state index >= 15 is 0 Å². The number of rotatable bonds is 2. The molecule has 0 amide bonds. The van der Waals surface area contributed by atoms with Gasteiger partial charge in [0.15, 0.2) is 5.78 Å². The molecule has 1 unspecified atom stereocenters. The summed E-state index contributed by atoms with van der Waals surface area (Å²) in [4.78, 5) is 12.5. The average molecular weight is 358 g/mol. The van der Waals surface area contributed by atoms with E-state index in [0.29, 0.717) is 25.8 Å². The van der Waals surface area contributed by atoms with Crippen LogP contribution >= 0.6 is 15.9 Å². The summed E-state index contributed by atoms with van der Waals surface area (Å²) < 4.78 is 27.9. The van der Waals surface area contributed by atoms with Gasteiger partial charge in [-0.3, -0.25) is 4.79 Å². The van der Waals surface area contributed by atoms with Crippen molar-refractivity contribution in [3.8, 4) is 0 Å². The van der Waals surface area contributed by atoms with Crippen LogP contribution in [0.15, 0.2) is 33.6 Å². The van der Waals surface area contributed by atoms with Gasteiger partial charge in [0.05, 0.1) is 10.4 Å². The molecule has 1 saturated carbocycles. The van der Waals surface area contributed by atoms with Crippen LogP contribution in [0.25, 0.3) is 0 Å². The number of benzene rings is 1. The van der Waals surface area contributed by atoms with Crippen LogP contribution in [-0.4, -0.2) is 30.6 Å². The van der Waals surface area contributed by atoms with E-state index in [1.165, 1.54) is 4.31 Å². The molecule has 4 nitrogen and oxygen atoms in total. The molecule has 1 aromatic rings. The van der Waals surface area contributed by atoms with E-state index in [2.05, 4.69) is 15.9 Å². The number of halogens is 1. The Bertz CT molecular complexity index is 637. The summed E-state index contributed by atoms with van der Waals surface area (Å²) in [7, 11) is -3.59. The van der Waals surface area contributed by atoms with Gasteiger partial charge in [0, 0.05) is 17.4 Å². The number of carbonyl (C=O) groups is 1. The van der Waals surface area contributed by atoms with E-state index in [9.17, 15) is 13.2 Å². The lowest BCUT2D eigenvalue weighted by Crippen LogP contribution is -2.50. The Kier molecular flexibility index (Phi) is 3.51. The lowest BCUT2D eigenvalue weighted by Gasteiger charge is -2.32. The third-order valence-electron chi connectivity index (χ3n) is 4.34. The van der Waals surface area contributed by atoms with Gasteiger partial charge in [0.1, 0.15) is 0 Å². The number of carbonyl (C=O) groups excluding carboxylic acids is 1. The molecule has 3 rings (SSSR count). The van der Waals surface area contributed by atoms with E-state index < -0.39 is 15.6 Å². The number of hydrogen-bond donors (Lipinski definition) is 0. The van der Waals surface area contributed by atoms with Crippen LogP contribution in [0.2, 0.25) is 0 Å². The van der Waals surface area contributed by atoms with Gasteiger partial charge in [0.25, 0.3) is 0 Å². The Morgan fingerprint density at radius 1 is 1.10 bits per heavy atom. The van der Waals surface area contributed by atoms with Gasteiger partial charge in [-0.15, -0.1) is 0 Å². The first-order valence-corrected chi connectivity index (χ1v) is 9.02. The van der Waals surface area contributed by atoms with Crippen molar-refractivity contribution in [3.63, 3.8) is 0 Å². The van der Waals surface area contributed by atoms with Crippen molar-refractivity contribution in [2.75, 3.05) is 6.54 Å². The van der Waals surface area contributed by atoms with E-state index in [4.69, 9.17) is 0 Å². The van der Waals surface area contributed by atoms with E-state index in [0.717, 1.165) is 17.3 Å². The molecule has 2 fully saturated rings. The van der Waals surface area contributed by atoms with Gasteiger partial charge in [-0.2, -0.15) is 4.31 Å². The van der Waals surface area contributed by atoms with E-state index in [1.807, 2.05) is 0 Å². The van der Waals surface area contributed by atoms with Gasteiger partial charge >= 0.3 is 0 Å². The molecule has 108 valence electrons. The second kappa shape index (κ2) is 4.93. The first kappa shape index (κ1) is 14.2. The normalized spacial score (nSPS) is 27.6. The predicted molar refractivity (Wildman–Crippen MR) is 78.9 cm³/mol. The zero-order chi connectivity index (χ0) is 14.4. The molecule has 1 aromatic carbocycles. The number of Topliss-reactive ketones (excluding diaryl/α,β-unsaturated/α-hetero) is 1. The first-order chi connectivity index (χ1) is 9.47. The van der Waals surface area contributed by atoms with Gasteiger partial charge in [-0.1, -0.05) is 15.9 Å². The van der Waals surface area contributed by atoms with Crippen molar-refractivity contribution in [3.05, 3.63) is 28.7 Å².